The molecule has 18 heavy (non-hydrogen) atoms. The fourth-order valence-electron chi connectivity index (χ4n) is 3.27. The van der Waals surface area contributed by atoms with Crippen molar-refractivity contribution in [3.63, 3.8) is 0 Å². The number of likely N-dealkylation sites (N-methyl/N-ethyl adjacent to an activating group) is 1. The molecule has 0 unspecified atom stereocenters. The lowest BCUT2D eigenvalue weighted by Crippen LogP contribution is -2.59. The predicted octanol–water partition coefficient (Wildman–Crippen LogP) is 1.99. The van der Waals surface area contributed by atoms with Crippen molar-refractivity contribution in [2.24, 2.45) is 0 Å². The van der Waals surface area contributed by atoms with E-state index in [-0.39, 0.29) is 5.60 Å². The second kappa shape index (κ2) is 4.90. The van der Waals surface area contributed by atoms with Gasteiger partial charge in [-0.15, -0.1) is 0 Å². The summed E-state index contributed by atoms with van der Waals surface area (Å²) < 4.78 is 6.15. The summed E-state index contributed by atoms with van der Waals surface area (Å²) in [5.74, 6) is 0. The van der Waals surface area contributed by atoms with E-state index in [4.69, 9.17) is 4.74 Å². The van der Waals surface area contributed by atoms with Gasteiger partial charge in [-0.3, -0.25) is 0 Å². The Morgan fingerprint density at radius 3 is 2.72 bits per heavy atom. The first-order valence-electron chi connectivity index (χ1n) is 6.90. The molecule has 1 atom stereocenters. The van der Waals surface area contributed by atoms with Gasteiger partial charge in [0.15, 0.2) is 0 Å². The largest absolute Gasteiger partial charge is 0.370 e. The maximum atomic E-state index is 6.15. The first-order chi connectivity index (χ1) is 8.77. The van der Waals surface area contributed by atoms with Crippen LogP contribution in [-0.2, 0) is 4.74 Å². The first kappa shape index (κ1) is 12.0. The van der Waals surface area contributed by atoms with Crippen LogP contribution in [0, 0.1) is 0 Å². The van der Waals surface area contributed by atoms with Crippen molar-refractivity contribution in [1.82, 2.24) is 4.90 Å². The SMILES string of the molecule is CN1CCC[C@@]2(C1)CN(c1ccccc1)CCO2. The van der Waals surface area contributed by atoms with Crippen molar-refractivity contribution in [3.05, 3.63) is 30.3 Å². The Balaban J connectivity index is 1.75. The van der Waals surface area contributed by atoms with E-state index in [0.29, 0.717) is 0 Å². The first-order valence-corrected chi connectivity index (χ1v) is 6.90. The molecule has 2 saturated heterocycles. The fraction of sp³-hybridized carbons (Fsp3) is 0.600. The Hall–Kier alpha value is -1.06. The number of morpholine rings is 1. The highest BCUT2D eigenvalue weighted by molar-refractivity contribution is 5.46. The van der Waals surface area contributed by atoms with Gasteiger partial charge in [0.1, 0.15) is 0 Å². The molecule has 2 fully saturated rings. The van der Waals surface area contributed by atoms with Crippen LogP contribution in [-0.4, -0.2) is 50.3 Å². The van der Waals surface area contributed by atoms with Crippen LogP contribution in [0.15, 0.2) is 30.3 Å². The summed E-state index contributed by atoms with van der Waals surface area (Å²) in [6, 6.07) is 10.7. The summed E-state index contributed by atoms with van der Waals surface area (Å²) in [5, 5.41) is 0. The van der Waals surface area contributed by atoms with E-state index in [1.807, 2.05) is 0 Å². The molecule has 0 radical (unpaired) electrons. The minimum absolute atomic E-state index is 0.0566. The van der Waals surface area contributed by atoms with Crippen molar-refractivity contribution in [2.45, 2.75) is 18.4 Å². The number of hydrogen-bond acceptors (Lipinski definition) is 3. The van der Waals surface area contributed by atoms with Gasteiger partial charge in [-0.2, -0.15) is 0 Å². The van der Waals surface area contributed by atoms with Gasteiger partial charge in [0.2, 0.25) is 0 Å². The Bertz CT molecular complexity index is 391. The van der Waals surface area contributed by atoms with Gasteiger partial charge in [0.05, 0.1) is 12.2 Å². The number of para-hydroxylation sites is 1. The quantitative estimate of drug-likeness (QED) is 0.753. The second-order valence-corrected chi connectivity index (χ2v) is 5.63. The summed E-state index contributed by atoms with van der Waals surface area (Å²) >= 11 is 0. The number of benzene rings is 1. The normalized spacial score (nSPS) is 29.7. The Kier molecular flexibility index (Phi) is 3.27. The summed E-state index contributed by atoms with van der Waals surface area (Å²) in [6.45, 7) is 5.16. The molecule has 3 heteroatoms. The molecule has 0 bridgehead atoms. The predicted molar refractivity (Wildman–Crippen MR) is 74.1 cm³/mol. The molecule has 1 spiro atoms. The average molecular weight is 246 g/mol. The van der Waals surface area contributed by atoms with E-state index in [1.165, 1.54) is 25.1 Å². The third-order valence-electron chi connectivity index (χ3n) is 4.10. The van der Waals surface area contributed by atoms with Gasteiger partial charge in [-0.1, -0.05) is 18.2 Å². The third kappa shape index (κ3) is 2.38. The van der Waals surface area contributed by atoms with Crippen LogP contribution in [0.1, 0.15) is 12.8 Å². The monoisotopic (exact) mass is 246 g/mol. The van der Waals surface area contributed by atoms with E-state index >= 15 is 0 Å². The van der Waals surface area contributed by atoms with Crippen molar-refractivity contribution in [2.75, 3.05) is 44.7 Å². The minimum Gasteiger partial charge on any atom is -0.370 e. The van der Waals surface area contributed by atoms with Crippen molar-refractivity contribution < 1.29 is 4.74 Å². The minimum atomic E-state index is 0.0566. The molecule has 1 aromatic carbocycles. The summed E-state index contributed by atoms with van der Waals surface area (Å²) in [5.41, 5.74) is 1.38. The van der Waals surface area contributed by atoms with E-state index in [9.17, 15) is 0 Å². The zero-order valence-corrected chi connectivity index (χ0v) is 11.1. The molecule has 98 valence electrons. The van der Waals surface area contributed by atoms with Crippen molar-refractivity contribution in [3.8, 4) is 0 Å². The van der Waals surface area contributed by atoms with E-state index in [0.717, 1.165) is 26.2 Å². The highest BCUT2D eigenvalue weighted by atomic mass is 16.5. The van der Waals surface area contributed by atoms with Gasteiger partial charge in [0, 0.05) is 25.3 Å². The van der Waals surface area contributed by atoms with E-state index in [1.54, 1.807) is 0 Å². The zero-order valence-electron chi connectivity index (χ0n) is 11.1. The topological polar surface area (TPSA) is 15.7 Å². The van der Waals surface area contributed by atoms with Gasteiger partial charge in [-0.05, 0) is 38.6 Å². The average Bonchev–Trinajstić information content (AvgIpc) is 2.39. The molecule has 3 nitrogen and oxygen atoms in total. The smallest absolute Gasteiger partial charge is 0.0983 e. The highest BCUT2D eigenvalue weighted by Gasteiger charge is 2.39. The lowest BCUT2D eigenvalue weighted by molar-refractivity contribution is -0.0926. The molecule has 0 aliphatic carbocycles. The van der Waals surface area contributed by atoms with Gasteiger partial charge >= 0.3 is 0 Å². The van der Waals surface area contributed by atoms with Crippen LogP contribution in [0.2, 0.25) is 0 Å². The van der Waals surface area contributed by atoms with E-state index < -0.39 is 0 Å². The van der Waals surface area contributed by atoms with Crippen molar-refractivity contribution >= 4 is 5.69 Å². The lowest BCUT2D eigenvalue weighted by atomic mass is 9.91. The summed E-state index contributed by atoms with van der Waals surface area (Å²) in [7, 11) is 2.20. The second-order valence-electron chi connectivity index (χ2n) is 5.63. The fourth-order valence-corrected chi connectivity index (χ4v) is 3.27. The van der Waals surface area contributed by atoms with Gasteiger partial charge in [0.25, 0.3) is 0 Å². The number of anilines is 1. The van der Waals surface area contributed by atoms with Crippen LogP contribution in [0.4, 0.5) is 5.69 Å². The maximum absolute atomic E-state index is 6.15. The Labute approximate surface area is 109 Å². The molecule has 0 amide bonds. The molecule has 0 aromatic heterocycles. The van der Waals surface area contributed by atoms with Crippen molar-refractivity contribution in [1.29, 1.82) is 0 Å². The van der Waals surface area contributed by atoms with Crippen LogP contribution in [0.5, 0.6) is 0 Å². The summed E-state index contributed by atoms with van der Waals surface area (Å²) in [6.07, 6.45) is 2.44. The maximum Gasteiger partial charge on any atom is 0.0983 e. The molecular weight excluding hydrogens is 224 g/mol. The zero-order chi connectivity index (χ0) is 12.4. The number of likely N-dealkylation sites (tertiary alicyclic amines) is 1. The standard InChI is InChI=1S/C15H22N2O/c1-16-9-5-8-15(12-16)13-17(10-11-18-15)14-6-3-2-4-7-14/h2-4,6-7H,5,8-13H2,1H3/t15-/m1/s1. The lowest BCUT2D eigenvalue weighted by Gasteiger charge is -2.48. The molecule has 0 N–H and O–H groups in total. The number of ether oxygens (including phenoxy) is 1. The van der Waals surface area contributed by atoms with Crippen LogP contribution < -0.4 is 4.90 Å². The van der Waals surface area contributed by atoms with Gasteiger partial charge < -0.3 is 14.5 Å². The Morgan fingerprint density at radius 2 is 1.94 bits per heavy atom. The molecule has 1 aromatic rings. The molecule has 2 aliphatic heterocycles. The third-order valence-corrected chi connectivity index (χ3v) is 4.10. The Morgan fingerprint density at radius 1 is 1.11 bits per heavy atom. The highest BCUT2D eigenvalue weighted by Crippen LogP contribution is 2.30. The molecule has 2 aliphatic rings. The van der Waals surface area contributed by atoms with Crippen LogP contribution in [0.3, 0.4) is 0 Å². The summed E-state index contributed by atoms with van der Waals surface area (Å²) in [4.78, 5) is 4.88. The van der Waals surface area contributed by atoms with E-state index in [2.05, 4.69) is 47.2 Å². The van der Waals surface area contributed by atoms with Crippen LogP contribution >= 0.6 is 0 Å². The number of piperidine rings is 1. The molecular formula is C15H22N2O. The molecule has 0 saturated carbocycles. The molecule has 2 heterocycles. The molecule has 3 rings (SSSR count). The van der Waals surface area contributed by atoms with Gasteiger partial charge in [-0.25, -0.2) is 0 Å². The number of hydrogen-bond donors (Lipinski definition) is 0. The number of nitrogens with zero attached hydrogens (tertiary/aromatic N) is 2. The number of rotatable bonds is 1. The van der Waals surface area contributed by atoms with Crippen LogP contribution in [0.25, 0.3) is 0 Å².